The number of nitrogens with zero attached hydrogens (tertiary/aromatic N) is 2. The van der Waals surface area contributed by atoms with Gasteiger partial charge in [0.15, 0.2) is 0 Å². The fourth-order valence-electron chi connectivity index (χ4n) is 1.93. The molecule has 1 saturated heterocycles. The Balaban J connectivity index is 0. The van der Waals surface area contributed by atoms with Gasteiger partial charge in [-0.3, -0.25) is 0 Å². The van der Waals surface area contributed by atoms with Crippen molar-refractivity contribution in [3.8, 4) is 5.75 Å². The second-order valence-electron chi connectivity index (χ2n) is 5.24. The second kappa shape index (κ2) is 16.8. The SMILES string of the molecule is CSN1[CH-]N(SC)CC1.[CH2-]c1cc(C(=O)OC)ccc1OC(C)C.[CH3-].[Cl][Ru+3]. The first-order valence-corrected chi connectivity index (χ1v) is 12.3. The fourth-order valence-corrected chi connectivity index (χ4v) is 2.93. The first-order valence-electron chi connectivity index (χ1n) is 7.72. The van der Waals surface area contributed by atoms with E-state index in [1.165, 1.54) is 7.11 Å². The van der Waals surface area contributed by atoms with Crippen molar-refractivity contribution >= 4 is 39.6 Å². The van der Waals surface area contributed by atoms with Crippen LogP contribution in [0, 0.1) is 21.0 Å². The van der Waals surface area contributed by atoms with E-state index in [0.29, 0.717) is 16.9 Å². The molecule has 1 aromatic carbocycles. The molecular weight excluding hydrogens is 493 g/mol. The van der Waals surface area contributed by atoms with Gasteiger partial charge in [-0.15, -0.1) is 30.0 Å². The number of rotatable bonds is 5. The molecule has 0 aliphatic carbocycles. The van der Waals surface area contributed by atoms with Crippen molar-refractivity contribution in [1.82, 2.24) is 8.61 Å². The molecule has 0 unspecified atom stereocenters. The molecule has 1 heterocycles. The Morgan fingerprint density at radius 2 is 1.78 bits per heavy atom. The van der Waals surface area contributed by atoms with Gasteiger partial charge in [-0.25, -0.2) is 4.79 Å². The van der Waals surface area contributed by atoms with E-state index >= 15 is 0 Å². The Morgan fingerprint density at radius 1 is 1.26 bits per heavy atom. The van der Waals surface area contributed by atoms with E-state index in [0.717, 1.165) is 13.1 Å². The third-order valence-corrected chi connectivity index (χ3v) is 4.60. The predicted molar refractivity (Wildman–Crippen MR) is 115 cm³/mol. The number of hydrogen-bond acceptors (Lipinski definition) is 7. The summed E-state index contributed by atoms with van der Waals surface area (Å²) in [6.07, 6.45) is 4.29. The van der Waals surface area contributed by atoms with Crippen LogP contribution in [0.2, 0.25) is 0 Å². The van der Waals surface area contributed by atoms with Crippen molar-refractivity contribution in [2.45, 2.75) is 20.0 Å². The van der Waals surface area contributed by atoms with Crippen LogP contribution in [0.5, 0.6) is 5.75 Å². The third-order valence-electron chi connectivity index (χ3n) is 3.11. The van der Waals surface area contributed by atoms with Crippen LogP contribution in [0.1, 0.15) is 29.8 Å². The summed E-state index contributed by atoms with van der Waals surface area (Å²) < 4.78 is 14.6. The van der Waals surface area contributed by atoms with Crippen LogP contribution >= 0.6 is 33.6 Å². The second-order valence-corrected chi connectivity index (χ2v) is 6.91. The Labute approximate surface area is 187 Å². The van der Waals surface area contributed by atoms with Crippen LogP contribution in [0.4, 0.5) is 0 Å². The molecule has 0 spiro atoms. The van der Waals surface area contributed by atoms with Crippen molar-refractivity contribution in [2.75, 3.05) is 32.7 Å². The monoisotopic (exact) mass is 522 g/mol. The number of hydrogen-bond donors (Lipinski definition) is 0. The summed E-state index contributed by atoms with van der Waals surface area (Å²) >= 11 is 5.37. The zero-order chi connectivity index (χ0) is 20.1. The number of ether oxygens (including phenoxy) is 2. The minimum atomic E-state index is -0.365. The summed E-state index contributed by atoms with van der Waals surface area (Å²) in [7, 11) is 5.92. The molecule has 0 N–H and O–H groups in total. The molecule has 5 nitrogen and oxygen atoms in total. The van der Waals surface area contributed by atoms with Gasteiger partial charge in [0, 0.05) is 11.3 Å². The van der Waals surface area contributed by atoms with E-state index < -0.39 is 0 Å². The summed E-state index contributed by atoms with van der Waals surface area (Å²) in [6.45, 7) is 12.2. The number of carbonyl (C=O) groups is 1. The molecule has 0 aromatic heterocycles. The third kappa shape index (κ3) is 11.5. The van der Waals surface area contributed by atoms with Crippen LogP contribution in [-0.4, -0.2) is 53.4 Å². The van der Waals surface area contributed by atoms with Crippen molar-refractivity contribution < 1.29 is 31.6 Å². The van der Waals surface area contributed by atoms with E-state index in [2.05, 4.69) is 49.1 Å². The molecule has 156 valence electrons. The van der Waals surface area contributed by atoms with Gasteiger partial charge in [0.05, 0.1) is 13.2 Å². The van der Waals surface area contributed by atoms with Crippen LogP contribution in [0.15, 0.2) is 18.2 Å². The average Bonchev–Trinajstić information content (AvgIpc) is 3.13. The number of carbonyl (C=O) groups excluding carboxylic acids is 1. The average molecular weight is 522 g/mol. The van der Waals surface area contributed by atoms with E-state index in [4.69, 9.17) is 4.74 Å². The number of benzene rings is 1. The summed E-state index contributed by atoms with van der Waals surface area (Å²) in [4.78, 5) is 11.2. The molecule has 2 rings (SSSR count). The van der Waals surface area contributed by atoms with Crippen molar-refractivity contribution in [1.29, 1.82) is 0 Å². The maximum absolute atomic E-state index is 11.2. The van der Waals surface area contributed by atoms with Crippen molar-refractivity contribution in [3.63, 3.8) is 0 Å². The van der Waals surface area contributed by atoms with Gasteiger partial charge >= 0.3 is 33.0 Å². The normalized spacial score (nSPS) is 13.6. The van der Waals surface area contributed by atoms with Gasteiger partial charge in [-0.1, -0.05) is 12.1 Å². The molecular formula is C18H29ClN2O3RuS2. The topological polar surface area (TPSA) is 42.0 Å². The van der Waals surface area contributed by atoms with Gasteiger partial charge in [-0.05, 0) is 39.4 Å². The van der Waals surface area contributed by atoms with Gasteiger partial charge < -0.3 is 25.5 Å². The molecule has 9 heteroatoms. The quantitative estimate of drug-likeness (QED) is 0.237. The molecule has 0 amide bonds. The molecule has 27 heavy (non-hydrogen) atoms. The summed E-state index contributed by atoms with van der Waals surface area (Å²) in [5.74, 6) is 0.327. The van der Waals surface area contributed by atoms with E-state index in [-0.39, 0.29) is 19.5 Å². The fraction of sp³-hybridized carbons (Fsp3) is 0.444. The summed E-state index contributed by atoms with van der Waals surface area (Å²) in [5, 5.41) is 0. The van der Waals surface area contributed by atoms with E-state index in [1.54, 1.807) is 42.1 Å². The molecule has 1 aromatic rings. The molecule has 0 atom stereocenters. The van der Waals surface area contributed by atoms with Crippen LogP contribution in [-0.2, 0) is 22.0 Å². The first kappa shape index (κ1) is 29.1. The Kier molecular flexibility index (Phi) is 18.1. The first-order chi connectivity index (χ1) is 12.4. The Morgan fingerprint density at radius 3 is 2.11 bits per heavy atom. The van der Waals surface area contributed by atoms with Gasteiger partial charge in [-0.2, -0.15) is 19.2 Å². The van der Waals surface area contributed by atoms with Crippen LogP contribution in [0.25, 0.3) is 0 Å². The molecule has 0 saturated carbocycles. The molecule has 0 bridgehead atoms. The summed E-state index contributed by atoms with van der Waals surface area (Å²) in [6, 6.07) is 5.05. The molecule has 1 aliphatic heterocycles. The van der Waals surface area contributed by atoms with Gasteiger partial charge in [0.1, 0.15) is 0 Å². The zero-order valence-electron chi connectivity index (χ0n) is 16.7. The Hall–Kier alpha value is -0.107. The van der Waals surface area contributed by atoms with Crippen molar-refractivity contribution in [2.24, 2.45) is 0 Å². The van der Waals surface area contributed by atoms with Crippen LogP contribution < -0.4 is 4.74 Å². The van der Waals surface area contributed by atoms with Crippen LogP contribution in [0.3, 0.4) is 0 Å². The van der Waals surface area contributed by atoms with E-state index in [9.17, 15) is 4.79 Å². The minimum absolute atomic E-state index is 0. The number of methoxy groups -OCH3 is 1. The van der Waals surface area contributed by atoms with Gasteiger partial charge in [0.25, 0.3) is 0 Å². The predicted octanol–water partition coefficient (Wildman–Crippen LogP) is 4.86. The molecule has 0 radical (unpaired) electrons. The maximum atomic E-state index is 11.2. The standard InChI is InChI=1S/C12H15O3.C5H11N2S2.CH3.ClH.Ru/c1-8(2)15-11-6-5-10(7-9(11)3)12(13)14-4;1-8-6-3-4-7(5-6)9-2;;;/h5-8H,3H2,1-2,4H3;5H,3-4H2,1-2H3;1H3;1H;/q3*-1;;+4/p-1. The Bertz CT molecular complexity index is 529. The zero-order valence-corrected chi connectivity index (χ0v) is 20.8. The molecule has 1 fully saturated rings. The molecule has 1 aliphatic rings. The van der Waals surface area contributed by atoms with Gasteiger partial charge in [0.2, 0.25) is 0 Å². The van der Waals surface area contributed by atoms with Crippen molar-refractivity contribution in [3.05, 3.63) is 50.3 Å². The number of halogens is 1. The summed E-state index contributed by atoms with van der Waals surface area (Å²) in [5.41, 5.74) is 1.17. The van der Waals surface area contributed by atoms with E-state index in [1.807, 2.05) is 31.2 Å². The number of esters is 1.